The number of benzene rings is 3. The molecule has 1 aliphatic rings. The summed E-state index contributed by atoms with van der Waals surface area (Å²) in [6, 6.07) is 18.9. The fourth-order valence-corrected chi connectivity index (χ4v) is 4.90. The Morgan fingerprint density at radius 3 is 2.29 bits per heavy atom. The zero-order chi connectivity index (χ0) is 24.3. The van der Waals surface area contributed by atoms with E-state index in [4.69, 9.17) is 5.26 Å². The molecule has 3 aromatic rings. The molecule has 174 valence electrons. The van der Waals surface area contributed by atoms with Crippen molar-refractivity contribution in [3.05, 3.63) is 95.3 Å². The highest BCUT2D eigenvalue weighted by Gasteiger charge is 2.41. The Bertz CT molecular complexity index is 1220. The van der Waals surface area contributed by atoms with Gasteiger partial charge in [-0.15, -0.1) is 0 Å². The first-order valence-corrected chi connectivity index (χ1v) is 11.3. The van der Waals surface area contributed by atoms with Crippen molar-refractivity contribution in [2.75, 3.05) is 6.54 Å². The van der Waals surface area contributed by atoms with Crippen LogP contribution in [-0.2, 0) is 10.2 Å². The van der Waals surface area contributed by atoms with E-state index in [9.17, 15) is 18.0 Å². The fraction of sp³-hybridized carbons (Fsp3) is 0.286. The molecular formula is C28H25F3N2O. The van der Waals surface area contributed by atoms with E-state index in [0.29, 0.717) is 36.9 Å². The first-order valence-electron chi connectivity index (χ1n) is 11.3. The van der Waals surface area contributed by atoms with E-state index >= 15 is 0 Å². The highest BCUT2D eigenvalue weighted by molar-refractivity contribution is 5.79. The van der Waals surface area contributed by atoms with Gasteiger partial charge in [-0.1, -0.05) is 36.4 Å². The number of nitrogens with zero attached hydrogens (tertiary/aromatic N) is 2. The van der Waals surface area contributed by atoms with Gasteiger partial charge in [0.15, 0.2) is 0 Å². The van der Waals surface area contributed by atoms with E-state index in [1.165, 1.54) is 24.3 Å². The Kier molecular flexibility index (Phi) is 6.74. The van der Waals surface area contributed by atoms with Gasteiger partial charge in [-0.05, 0) is 60.7 Å². The zero-order valence-corrected chi connectivity index (χ0v) is 18.9. The van der Waals surface area contributed by atoms with E-state index in [1.807, 2.05) is 24.0 Å². The number of likely N-dealkylation sites (tertiary alicyclic amines) is 1. The zero-order valence-electron chi connectivity index (χ0n) is 18.9. The van der Waals surface area contributed by atoms with Gasteiger partial charge in [0.05, 0.1) is 12.1 Å². The van der Waals surface area contributed by atoms with E-state index in [2.05, 4.69) is 6.07 Å². The van der Waals surface area contributed by atoms with Crippen molar-refractivity contribution < 1.29 is 18.0 Å². The molecule has 1 amide bonds. The van der Waals surface area contributed by atoms with Crippen molar-refractivity contribution in [1.82, 2.24) is 4.90 Å². The van der Waals surface area contributed by atoms with Crippen LogP contribution in [0, 0.1) is 28.8 Å². The topological polar surface area (TPSA) is 44.1 Å². The molecule has 1 saturated heterocycles. The van der Waals surface area contributed by atoms with Crippen LogP contribution < -0.4 is 0 Å². The van der Waals surface area contributed by atoms with Crippen molar-refractivity contribution in [2.45, 2.75) is 44.1 Å². The Morgan fingerprint density at radius 2 is 1.68 bits per heavy atom. The van der Waals surface area contributed by atoms with Crippen LogP contribution in [-0.4, -0.2) is 17.4 Å². The minimum atomic E-state index is -0.624. The molecule has 0 radical (unpaired) electrons. The maximum absolute atomic E-state index is 14.1. The van der Waals surface area contributed by atoms with Crippen molar-refractivity contribution in [2.24, 2.45) is 0 Å². The third kappa shape index (κ3) is 4.70. The van der Waals surface area contributed by atoms with Crippen LogP contribution in [0.2, 0.25) is 0 Å². The van der Waals surface area contributed by atoms with Crippen LogP contribution >= 0.6 is 0 Å². The third-order valence-corrected chi connectivity index (χ3v) is 6.92. The molecule has 1 aliphatic heterocycles. The summed E-state index contributed by atoms with van der Waals surface area (Å²) in [5.74, 6) is -1.60. The monoisotopic (exact) mass is 462 g/mol. The molecule has 4 rings (SSSR count). The highest BCUT2D eigenvalue weighted by Crippen LogP contribution is 2.42. The van der Waals surface area contributed by atoms with Crippen LogP contribution in [0.3, 0.4) is 0 Å². The molecule has 0 aromatic heterocycles. The summed E-state index contributed by atoms with van der Waals surface area (Å²) < 4.78 is 40.8. The molecule has 0 saturated carbocycles. The minimum absolute atomic E-state index is 0.0188. The Labute approximate surface area is 197 Å². The lowest BCUT2D eigenvalue weighted by molar-refractivity contribution is -0.138. The lowest BCUT2D eigenvalue weighted by Gasteiger charge is -2.44. The molecule has 3 aromatic carbocycles. The van der Waals surface area contributed by atoms with Crippen LogP contribution in [0.1, 0.15) is 49.8 Å². The van der Waals surface area contributed by atoms with E-state index < -0.39 is 17.0 Å². The van der Waals surface area contributed by atoms with Gasteiger partial charge in [0.25, 0.3) is 0 Å². The van der Waals surface area contributed by atoms with Gasteiger partial charge in [-0.3, -0.25) is 4.79 Å². The summed E-state index contributed by atoms with van der Waals surface area (Å²) in [7, 11) is 0. The summed E-state index contributed by atoms with van der Waals surface area (Å²) in [6.07, 6.45) is 1.79. The molecule has 2 atom stereocenters. The molecule has 6 heteroatoms. The van der Waals surface area contributed by atoms with Crippen LogP contribution in [0.5, 0.6) is 0 Å². The van der Waals surface area contributed by atoms with E-state index in [-0.39, 0.29) is 24.2 Å². The second-order valence-corrected chi connectivity index (χ2v) is 8.88. The van der Waals surface area contributed by atoms with Gasteiger partial charge in [0, 0.05) is 36.4 Å². The van der Waals surface area contributed by atoms with Crippen molar-refractivity contribution in [1.29, 1.82) is 5.26 Å². The number of carbonyl (C=O) groups excluding carboxylic acids is 1. The van der Waals surface area contributed by atoms with Crippen molar-refractivity contribution in [3.63, 3.8) is 0 Å². The molecule has 34 heavy (non-hydrogen) atoms. The van der Waals surface area contributed by atoms with E-state index in [1.54, 1.807) is 24.3 Å². The SMILES string of the molecule is C[C@@H](c1ccc(-c2ccc(F)cc2F)cc1)N1CC[C@@](CCC#N)(c2ccc(F)cc2)CC1=O. The highest BCUT2D eigenvalue weighted by atomic mass is 19.1. The number of halogens is 3. The standard InChI is InChI=1S/C28H25F3N2O/c1-19(20-3-5-21(6-4-20)25-12-11-24(30)17-26(25)31)33-16-14-28(13-2-15-32,18-27(33)34)22-7-9-23(29)10-8-22/h3-12,17,19H,2,13-14,16,18H2,1H3/t19-,28+/m0/s1. The lowest BCUT2D eigenvalue weighted by atomic mass is 9.69. The lowest BCUT2D eigenvalue weighted by Crippen LogP contribution is -2.47. The predicted molar refractivity (Wildman–Crippen MR) is 124 cm³/mol. The largest absolute Gasteiger partial charge is 0.336 e. The molecular weight excluding hydrogens is 437 g/mol. The number of piperidine rings is 1. The average Bonchev–Trinajstić information content (AvgIpc) is 2.83. The molecule has 0 unspecified atom stereocenters. The van der Waals surface area contributed by atoms with Gasteiger partial charge in [0.2, 0.25) is 5.91 Å². The van der Waals surface area contributed by atoms with Gasteiger partial charge < -0.3 is 4.90 Å². The molecule has 0 aliphatic carbocycles. The summed E-state index contributed by atoms with van der Waals surface area (Å²) in [6.45, 7) is 2.46. The summed E-state index contributed by atoms with van der Waals surface area (Å²) in [5.41, 5.74) is 2.25. The maximum atomic E-state index is 14.1. The first kappa shape index (κ1) is 23.6. The number of rotatable bonds is 6. The average molecular weight is 463 g/mol. The molecule has 0 spiro atoms. The molecule has 1 fully saturated rings. The number of hydrogen-bond acceptors (Lipinski definition) is 2. The summed E-state index contributed by atoms with van der Waals surface area (Å²) in [4.78, 5) is 15.1. The third-order valence-electron chi connectivity index (χ3n) is 6.92. The molecule has 0 bridgehead atoms. The first-order chi connectivity index (χ1) is 16.3. The van der Waals surface area contributed by atoms with Crippen LogP contribution in [0.15, 0.2) is 66.7 Å². The van der Waals surface area contributed by atoms with Gasteiger partial charge >= 0.3 is 0 Å². The van der Waals surface area contributed by atoms with E-state index in [0.717, 1.165) is 17.2 Å². The fourth-order valence-electron chi connectivity index (χ4n) is 4.90. The minimum Gasteiger partial charge on any atom is -0.336 e. The Hall–Kier alpha value is -3.59. The van der Waals surface area contributed by atoms with Crippen LogP contribution in [0.4, 0.5) is 13.2 Å². The quantitative estimate of drug-likeness (QED) is 0.409. The normalized spacial score (nSPS) is 19.0. The molecule has 3 nitrogen and oxygen atoms in total. The smallest absolute Gasteiger partial charge is 0.223 e. The number of nitriles is 1. The van der Waals surface area contributed by atoms with Gasteiger partial charge in [-0.2, -0.15) is 5.26 Å². The number of carbonyl (C=O) groups is 1. The second-order valence-electron chi connectivity index (χ2n) is 8.88. The van der Waals surface area contributed by atoms with Crippen molar-refractivity contribution in [3.8, 4) is 17.2 Å². The summed E-state index contributed by atoms with van der Waals surface area (Å²) in [5, 5.41) is 9.15. The Balaban J connectivity index is 1.52. The molecule has 1 heterocycles. The maximum Gasteiger partial charge on any atom is 0.223 e. The summed E-state index contributed by atoms with van der Waals surface area (Å²) >= 11 is 0. The Morgan fingerprint density at radius 1 is 1.00 bits per heavy atom. The predicted octanol–water partition coefficient (Wildman–Crippen LogP) is 6.70. The second kappa shape index (κ2) is 9.72. The van der Waals surface area contributed by atoms with Crippen LogP contribution in [0.25, 0.3) is 11.1 Å². The van der Waals surface area contributed by atoms with Gasteiger partial charge in [0.1, 0.15) is 17.5 Å². The van der Waals surface area contributed by atoms with Crippen molar-refractivity contribution >= 4 is 5.91 Å². The van der Waals surface area contributed by atoms with Gasteiger partial charge in [-0.25, -0.2) is 13.2 Å². The molecule has 0 N–H and O–H groups in total. The number of amides is 1. The number of hydrogen-bond donors (Lipinski definition) is 0.